The summed E-state index contributed by atoms with van der Waals surface area (Å²) in [6, 6.07) is 1.70. The Kier molecular flexibility index (Phi) is 2.60. The van der Waals surface area contributed by atoms with Crippen LogP contribution in [0.4, 0.5) is 0 Å². The lowest BCUT2D eigenvalue weighted by Crippen LogP contribution is -2.04. The lowest BCUT2D eigenvalue weighted by molar-refractivity contribution is 0.0599. The van der Waals surface area contributed by atoms with E-state index < -0.39 is 5.97 Å². The summed E-state index contributed by atoms with van der Waals surface area (Å²) in [6.07, 6.45) is 3.43. The Labute approximate surface area is 75.6 Å². The number of aryl methyl sites for hydroxylation is 1. The molecule has 0 spiro atoms. The molecule has 1 aromatic rings. The molecule has 3 nitrogen and oxygen atoms in total. The van der Waals surface area contributed by atoms with Gasteiger partial charge in [0, 0.05) is 19.4 Å². The molecular weight excluding hydrogens is 174 g/mol. The molecule has 0 saturated carbocycles. The highest BCUT2D eigenvalue weighted by atomic mass is 32.1. The van der Waals surface area contributed by atoms with Crippen molar-refractivity contribution in [2.75, 3.05) is 7.11 Å². The molecule has 1 heterocycles. The first-order valence-corrected chi connectivity index (χ1v) is 3.80. The number of rotatable bonds is 1. The molecule has 0 saturated heterocycles. The van der Waals surface area contributed by atoms with Gasteiger partial charge in [-0.25, -0.2) is 4.79 Å². The van der Waals surface area contributed by atoms with Crippen LogP contribution in [-0.2, 0) is 11.8 Å². The normalized spacial score (nSPS) is 9.50. The van der Waals surface area contributed by atoms with Crippen LogP contribution >= 0.6 is 12.2 Å². The van der Waals surface area contributed by atoms with Crippen molar-refractivity contribution < 1.29 is 9.53 Å². The standard InChI is InChI=1S/C8H9NO2S/c1-9-4-3-7(12)6(5-9)8(10)11-2/h3-5H,1-2H3. The van der Waals surface area contributed by atoms with Crippen molar-refractivity contribution in [3.8, 4) is 0 Å². The van der Waals surface area contributed by atoms with Crippen LogP contribution in [-0.4, -0.2) is 17.6 Å². The smallest absolute Gasteiger partial charge is 0.340 e. The molecule has 0 radical (unpaired) electrons. The summed E-state index contributed by atoms with van der Waals surface area (Å²) in [5, 5.41) is 0. The fourth-order valence-electron chi connectivity index (χ4n) is 0.849. The van der Waals surface area contributed by atoms with Crippen LogP contribution in [0, 0.1) is 4.51 Å². The maximum atomic E-state index is 11.1. The predicted octanol–water partition coefficient (Wildman–Crippen LogP) is 1.54. The maximum absolute atomic E-state index is 11.1. The van der Waals surface area contributed by atoms with Gasteiger partial charge in [0.2, 0.25) is 0 Å². The third-order valence-electron chi connectivity index (χ3n) is 1.46. The molecule has 0 aliphatic carbocycles. The summed E-state index contributed by atoms with van der Waals surface area (Å²) >= 11 is 4.94. The largest absolute Gasteiger partial charge is 0.465 e. The van der Waals surface area contributed by atoms with E-state index in [1.54, 1.807) is 23.0 Å². The Bertz CT molecular complexity index is 356. The van der Waals surface area contributed by atoms with E-state index in [9.17, 15) is 4.79 Å². The minimum absolute atomic E-state index is 0.392. The first-order chi connectivity index (χ1) is 5.65. The predicted molar refractivity (Wildman–Crippen MR) is 47.6 cm³/mol. The zero-order valence-corrected chi connectivity index (χ0v) is 7.72. The van der Waals surface area contributed by atoms with Gasteiger partial charge in [-0.1, -0.05) is 12.2 Å². The molecule has 0 bridgehead atoms. The molecule has 0 aliphatic heterocycles. The van der Waals surface area contributed by atoms with E-state index in [0.717, 1.165) is 0 Å². The van der Waals surface area contributed by atoms with Crippen LogP contribution in [0.2, 0.25) is 0 Å². The Morgan fingerprint density at radius 1 is 1.67 bits per heavy atom. The van der Waals surface area contributed by atoms with Crippen molar-refractivity contribution in [2.24, 2.45) is 7.05 Å². The number of hydrogen-bond acceptors (Lipinski definition) is 3. The molecule has 0 fully saturated rings. The van der Waals surface area contributed by atoms with E-state index in [0.29, 0.717) is 10.1 Å². The lowest BCUT2D eigenvalue weighted by Gasteiger charge is -2.01. The van der Waals surface area contributed by atoms with Gasteiger partial charge < -0.3 is 9.30 Å². The molecule has 0 aliphatic rings. The number of aromatic nitrogens is 1. The van der Waals surface area contributed by atoms with Gasteiger partial charge in [0.1, 0.15) is 0 Å². The summed E-state index contributed by atoms with van der Waals surface area (Å²) in [5.41, 5.74) is 0.428. The van der Waals surface area contributed by atoms with Gasteiger partial charge in [-0.15, -0.1) is 0 Å². The number of carbonyl (C=O) groups is 1. The number of ether oxygens (including phenoxy) is 1. The molecule has 1 aromatic heterocycles. The monoisotopic (exact) mass is 183 g/mol. The molecule has 64 valence electrons. The van der Waals surface area contributed by atoms with Crippen LogP contribution in [0.5, 0.6) is 0 Å². The number of methoxy groups -OCH3 is 1. The van der Waals surface area contributed by atoms with Gasteiger partial charge in [-0.2, -0.15) is 0 Å². The molecule has 1 rings (SSSR count). The lowest BCUT2D eigenvalue weighted by atomic mass is 10.3. The van der Waals surface area contributed by atoms with Crippen molar-refractivity contribution >= 4 is 18.2 Å². The second-order valence-electron chi connectivity index (χ2n) is 2.38. The Hall–Kier alpha value is -1.16. The number of hydrogen-bond donors (Lipinski definition) is 0. The van der Waals surface area contributed by atoms with Crippen molar-refractivity contribution in [1.29, 1.82) is 0 Å². The summed E-state index contributed by atoms with van der Waals surface area (Å²) in [6.45, 7) is 0. The number of carbonyl (C=O) groups excluding carboxylic acids is 1. The molecule has 0 amide bonds. The van der Waals surface area contributed by atoms with Gasteiger partial charge in [-0.3, -0.25) is 0 Å². The van der Waals surface area contributed by atoms with Crippen molar-refractivity contribution in [3.05, 3.63) is 28.5 Å². The number of pyridine rings is 1. The summed E-state index contributed by atoms with van der Waals surface area (Å²) < 4.78 is 6.82. The second-order valence-corrected chi connectivity index (χ2v) is 2.82. The SMILES string of the molecule is COC(=O)c1cn(C)ccc1=S. The third kappa shape index (κ3) is 1.71. The second kappa shape index (κ2) is 3.49. The quantitative estimate of drug-likeness (QED) is 0.489. The minimum Gasteiger partial charge on any atom is -0.465 e. The Morgan fingerprint density at radius 3 is 2.92 bits per heavy atom. The molecule has 0 unspecified atom stereocenters. The molecule has 4 heteroatoms. The third-order valence-corrected chi connectivity index (χ3v) is 1.82. The minimum atomic E-state index is -0.392. The average molecular weight is 183 g/mol. The van der Waals surface area contributed by atoms with Gasteiger partial charge >= 0.3 is 5.97 Å². The summed E-state index contributed by atoms with van der Waals surface area (Å²) in [5.74, 6) is -0.392. The Morgan fingerprint density at radius 2 is 2.33 bits per heavy atom. The van der Waals surface area contributed by atoms with E-state index in [2.05, 4.69) is 4.74 Å². The van der Waals surface area contributed by atoms with Crippen molar-refractivity contribution in [1.82, 2.24) is 4.57 Å². The molecule has 12 heavy (non-hydrogen) atoms. The molecular formula is C8H9NO2S. The van der Waals surface area contributed by atoms with Crippen LogP contribution < -0.4 is 0 Å². The number of nitrogens with zero attached hydrogens (tertiary/aromatic N) is 1. The molecule has 0 aromatic carbocycles. The van der Waals surface area contributed by atoms with E-state index in [1.165, 1.54) is 7.11 Å². The van der Waals surface area contributed by atoms with E-state index in [1.807, 2.05) is 7.05 Å². The van der Waals surface area contributed by atoms with Crippen LogP contribution in [0.1, 0.15) is 10.4 Å². The van der Waals surface area contributed by atoms with Crippen LogP contribution in [0.25, 0.3) is 0 Å². The van der Waals surface area contributed by atoms with Crippen molar-refractivity contribution in [3.63, 3.8) is 0 Å². The van der Waals surface area contributed by atoms with Gasteiger partial charge in [0.15, 0.2) is 0 Å². The zero-order valence-electron chi connectivity index (χ0n) is 6.90. The van der Waals surface area contributed by atoms with E-state index in [4.69, 9.17) is 12.2 Å². The maximum Gasteiger partial charge on any atom is 0.340 e. The highest BCUT2D eigenvalue weighted by Gasteiger charge is 2.06. The number of esters is 1. The average Bonchev–Trinajstić information content (AvgIpc) is 2.08. The summed E-state index contributed by atoms with van der Waals surface area (Å²) in [7, 11) is 3.16. The van der Waals surface area contributed by atoms with Crippen molar-refractivity contribution in [2.45, 2.75) is 0 Å². The Balaban J connectivity index is 3.23. The zero-order chi connectivity index (χ0) is 9.14. The molecule has 0 N–H and O–H groups in total. The fourth-order valence-corrected chi connectivity index (χ4v) is 1.05. The fraction of sp³-hybridized carbons (Fsp3) is 0.250. The van der Waals surface area contributed by atoms with Gasteiger partial charge in [0.25, 0.3) is 0 Å². The van der Waals surface area contributed by atoms with Gasteiger partial charge in [0.05, 0.1) is 17.2 Å². The first kappa shape index (κ1) is 8.93. The highest BCUT2D eigenvalue weighted by molar-refractivity contribution is 7.71. The topological polar surface area (TPSA) is 31.2 Å². The van der Waals surface area contributed by atoms with E-state index >= 15 is 0 Å². The molecule has 0 atom stereocenters. The van der Waals surface area contributed by atoms with E-state index in [-0.39, 0.29) is 0 Å². The first-order valence-electron chi connectivity index (χ1n) is 3.39. The highest BCUT2D eigenvalue weighted by Crippen LogP contribution is 2.03. The summed E-state index contributed by atoms with van der Waals surface area (Å²) in [4.78, 5) is 11.1. The van der Waals surface area contributed by atoms with Gasteiger partial charge in [-0.05, 0) is 6.07 Å². The van der Waals surface area contributed by atoms with Crippen LogP contribution in [0.15, 0.2) is 18.5 Å². The van der Waals surface area contributed by atoms with Crippen LogP contribution in [0.3, 0.4) is 0 Å².